The Balaban J connectivity index is 0.00000333. The topological polar surface area (TPSA) is 141 Å². The molecule has 53 heavy (non-hydrogen) atoms. The van der Waals surface area contributed by atoms with Gasteiger partial charge >= 0.3 is 5.97 Å². The fourth-order valence-electron chi connectivity index (χ4n) is 5.70. The second kappa shape index (κ2) is 27.3. The largest absolute Gasteiger partial charge is 0.481 e. The van der Waals surface area contributed by atoms with Crippen LogP contribution in [0.25, 0.3) is 0 Å². The van der Waals surface area contributed by atoms with Crippen LogP contribution in [0, 0.1) is 11.8 Å². The first-order valence-electron chi connectivity index (χ1n) is 19.7. The minimum atomic E-state index is -0.910. The molecule has 1 aromatic carbocycles. The molecule has 0 radical (unpaired) electrons. The maximum absolute atomic E-state index is 13.6. The van der Waals surface area contributed by atoms with Crippen molar-refractivity contribution in [3.8, 4) is 0 Å². The highest BCUT2D eigenvalue weighted by Gasteiger charge is 2.31. The summed E-state index contributed by atoms with van der Waals surface area (Å²) < 4.78 is 6.31. The van der Waals surface area contributed by atoms with Crippen molar-refractivity contribution in [2.75, 3.05) is 39.8 Å². The van der Waals surface area contributed by atoms with E-state index in [1.54, 1.807) is 12.3 Å². The summed E-state index contributed by atoms with van der Waals surface area (Å²) in [5.74, 6) is -2.13. The number of hydrogen-bond donors (Lipinski definition) is 3. The number of carboxylic acid groups (broad SMARTS) is 1. The van der Waals surface area contributed by atoms with Gasteiger partial charge in [-0.1, -0.05) is 105 Å². The minimum absolute atomic E-state index is 0.0730. The molecule has 0 saturated carbocycles. The van der Waals surface area contributed by atoms with Crippen LogP contribution < -0.4 is 10.6 Å². The van der Waals surface area contributed by atoms with Crippen LogP contribution in [0.15, 0.2) is 35.7 Å². The molecule has 0 aliphatic heterocycles. The molecule has 0 aliphatic carbocycles. The maximum Gasteiger partial charge on any atom is 0.306 e. The van der Waals surface area contributed by atoms with E-state index in [0.717, 1.165) is 37.8 Å². The van der Waals surface area contributed by atoms with E-state index < -0.39 is 24.0 Å². The lowest BCUT2D eigenvalue weighted by molar-refractivity contribution is -0.141. The summed E-state index contributed by atoms with van der Waals surface area (Å²) in [6.45, 7) is 18.3. The van der Waals surface area contributed by atoms with Crippen LogP contribution in [0.5, 0.6) is 0 Å². The third kappa shape index (κ3) is 19.0. The highest BCUT2D eigenvalue weighted by Crippen LogP contribution is 2.31. The van der Waals surface area contributed by atoms with E-state index in [2.05, 4.69) is 45.3 Å². The molecule has 2 aromatic rings. The van der Waals surface area contributed by atoms with E-state index in [4.69, 9.17) is 9.72 Å². The number of thiazole rings is 1. The highest BCUT2D eigenvalue weighted by molar-refractivity contribution is 7.09. The van der Waals surface area contributed by atoms with Gasteiger partial charge in [-0.2, -0.15) is 0 Å². The molecule has 0 aliphatic rings. The van der Waals surface area contributed by atoms with E-state index in [9.17, 15) is 24.3 Å². The Hall–Kier alpha value is -3.35. The summed E-state index contributed by atoms with van der Waals surface area (Å²) in [4.78, 5) is 59.8. The molecule has 0 bridgehead atoms. The second-order valence-corrected chi connectivity index (χ2v) is 15.2. The van der Waals surface area contributed by atoms with E-state index in [1.165, 1.54) is 24.2 Å². The van der Waals surface area contributed by atoms with Crippen molar-refractivity contribution < 1.29 is 29.0 Å². The van der Waals surface area contributed by atoms with Gasteiger partial charge in [0.15, 0.2) is 0 Å². The number of carboxylic acids is 1. The molecule has 1 aromatic heterocycles. The van der Waals surface area contributed by atoms with Gasteiger partial charge in [0.2, 0.25) is 11.8 Å². The zero-order chi connectivity index (χ0) is 39.8. The van der Waals surface area contributed by atoms with Crippen molar-refractivity contribution >= 4 is 35.0 Å². The highest BCUT2D eigenvalue weighted by atomic mass is 32.1. The Kier molecular flexibility index (Phi) is 24.5. The standard InChI is InChI=1S/C37H59N5O6S.C4H10/c1-8-11-18-41(7)24-33(43)38-23-34(44)42(17-9-2)31(26(4)5)22-32(48-19-10-3)36-40-30(25-49-36)35(45)39-29(20-27(6)37(46)47)21-28-15-13-12-14-16-28;1-3-4-2/h12-16,25-27,29,31-32H,8-11,17-24H2,1-7H3,(H,38,43)(H,39,45)(H,46,47);3-4H2,1-2H3/t27-,29-,31?,32-;/m1./s1. The molecule has 3 N–H and O–H groups in total. The van der Waals surface area contributed by atoms with Crippen molar-refractivity contribution in [2.24, 2.45) is 11.8 Å². The molecule has 1 heterocycles. The number of carbonyl (C=O) groups is 4. The van der Waals surface area contributed by atoms with E-state index in [0.29, 0.717) is 31.0 Å². The van der Waals surface area contributed by atoms with Crippen molar-refractivity contribution in [1.29, 1.82) is 0 Å². The zero-order valence-electron chi connectivity index (χ0n) is 34.0. The number of ether oxygens (including phenoxy) is 1. The Bertz CT molecular complexity index is 1320. The van der Waals surface area contributed by atoms with Gasteiger partial charge in [-0.15, -0.1) is 11.3 Å². The number of aromatic nitrogens is 1. The lowest BCUT2D eigenvalue weighted by Crippen LogP contribution is -2.49. The van der Waals surface area contributed by atoms with Gasteiger partial charge in [-0.3, -0.25) is 24.1 Å². The van der Waals surface area contributed by atoms with Crippen LogP contribution in [-0.2, 0) is 25.5 Å². The third-order valence-corrected chi connectivity index (χ3v) is 9.86. The molecule has 0 spiro atoms. The van der Waals surface area contributed by atoms with Gasteiger partial charge in [-0.25, -0.2) is 4.98 Å². The van der Waals surface area contributed by atoms with Gasteiger partial charge in [0.25, 0.3) is 5.91 Å². The van der Waals surface area contributed by atoms with Crippen molar-refractivity contribution in [1.82, 2.24) is 25.4 Å². The second-order valence-electron chi connectivity index (χ2n) is 14.3. The number of hydrogen-bond acceptors (Lipinski definition) is 8. The SMILES string of the molecule is CCCC.CCCCN(C)CC(=O)NCC(=O)N(CCC)C(C[C@@H](OCCC)c1nc(C(=O)N[C@@H](Cc2ccccc2)C[C@@H](C)C(=O)O)cs1)C(C)C. The van der Waals surface area contributed by atoms with Crippen LogP contribution in [0.1, 0.15) is 134 Å². The van der Waals surface area contributed by atoms with Crippen LogP contribution in [0.2, 0.25) is 0 Å². The number of benzene rings is 1. The summed E-state index contributed by atoms with van der Waals surface area (Å²) in [5, 5.41) is 17.7. The van der Waals surface area contributed by atoms with E-state index >= 15 is 0 Å². The summed E-state index contributed by atoms with van der Waals surface area (Å²) in [6.07, 6.45) is 7.07. The summed E-state index contributed by atoms with van der Waals surface area (Å²) in [6, 6.07) is 9.09. The first-order valence-corrected chi connectivity index (χ1v) is 20.6. The lowest BCUT2D eigenvalue weighted by Gasteiger charge is -2.36. The summed E-state index contributed by atoms with van der Waals surface area (Å²) in [7, 11) is 1.91. The van der Waals surface area contributed by atoms with Crippen molar-refractivity contribution in [3.05, 3.63) is 52.0 Å². The number of carbonyl (C=O) groups excluding carboxylic acids is 3. The first-order chi connectivity index (χ1) is 25.3. The Morgan fingerprint density at radius 2 is 1.58 bits per heavy atom. The molecule has 300 valence electrons. The molecule has 0 fully saturated rings. The quantitative estimate of drug-likeness (QED) is 0.0954. The third-order valence-electron chi connectivity index (χ3n) is 8.93. The molecule has 12 heteroatoms. The van der Waals surface area contributed by atoms with Crippen molar-refractivity contribution in [3.63, 3.8) is 0 Å². The summed E-state index contributed by atoms with van der Waals surface area (Å²) >= 11 is 1.34. The monoisotopic (exact) mass is 759 g/mol. The number of likely N-dealkylation sites (N-methyl/N-ethyl adjacent to an activating group) is 1. The van der Waals surface area contributed by atoms with Gasteiger partial charge in [0, 0.05) is 37.0 Å². The fourth-order valence-corrected chi connectivity index (χ4v) is 6.56. The normalized spacial score (nSPS) is 13.4. The first kappa shape index (κ1) is 47.7. The van der Waals surface area contributed by atoms with E-state index in [1.807, 2.05) is 61.0 Å². The Morgan fingerprint density at radius 1 is 0.906 bits per heavy atom. The number of aliphatic carboxylic acids is 1. The number of nitrogens with one attached hydrogen (secondary N) is 2. The van der Waals surface area contributed by atoms with Gasteiger partial charge in [0.1, 0.15) is 16.8 Å². The number of nitrogens with zero attached hydrogens (tertiary/aromatic N) is 3. The number of unbranched alkanes of at least 4 members (excludes halogenated alkanes) is 2. The van der Waals surface area contributed by atoms with Crippen molar-refractivity contribution in [2.45, 2.75) is 131 Å². The minimum Gasteiger partial charge on any atom is -0.481 e. The molecule has 3 amide bonds. The molecule has 0 saturated heterocycles. The lowest BCUT2D eigenvalue weighted by atomic mass is 9.95. The average Bonchev–Trinajstić information content (AvgIpc) is 3.63. The average molecular weight is 760 g/mol. The van der Waals surface area contributed by atoms with Crippen LogP contribution in [-0.4, -0.2) is 95.5 Å². The molecule has 4 atom stereocenters. The number of amides is 3. The van der Waals surface area contributed by atoms with Gasteiger partial charge < -0.3 is 25.4 Å². The molecule has 2 rings (SSSR count). The van der Waals surface area contributed by atoms with Gasteiger partial charge in [0.05, 0.1) is 19.0 Å². The molecular formula is C41H69N5O6S. The molecule has 11 nitrogen and oxygen atoms in total. The Morgan fingerprint density at radius 3 is 2.15 bits per heavy atom. The van der Waals surface area contributed by atoms with Crippen LogP contribution in [0.4, 0.5) is 0 Å². The number of rotatable bonds is 25. The predicted octanol–water partition coefficient (Wildman–Crippen LogP) is 7.37. The Labute approximate surface area is 323 Å². The van der Waals surface area contributed by atoms with Gasteiger partial charge in [-0.05, 0) is 57.2 Å². The predicted molar refractivity (Wildman–Crippen MR) is 215 cm³/mol. The maximum atomic E-state index is 13.6. The zero-order valence-corrected chi connectivity index (χ0v) is 34.8. The molecule has 1 unspecified atom stereocenters. The summed E-state index contributed by atoms with van der Waals surface area (Å²) in [5.41, 5.74) is 1.25. The van der Waals surface area contributed by atoms with Crippen LogP contribution in [0.3, 0.4) is 0 Å². The fraction of sp³-hybridized carbons (Fsp3) is 0.683. The molecular weight excluding hydrogens is 691 g/mol. The smallest absolute Gasteiger partial charge is 0.306 e. The van der Waals surface area contributed by atoms with Crippen LogP contribution >= 0.6 is 11.3 Å². The van der Waals surface area contributed by atoms with E-state index in [-0.39, 0.29) is 54.9 Å².